The van der Waals surface area contributed by atoms with E-state index in [2.05, 4.69) is 40.5 Å². The zero-order valence-electron chi connectivity index (χ0n) is 16.1. The largest absolute Gasteiger partial charge is 0.492 e. The number of rotatable bonds is 8. The average molecular weight is 355 g/mol. The number of guanidine groups is 1. The molecule has 2 aromatic rings. The second-order valence-corrected chi connectivity index (χ2v) is 6.16. The lowest BCUT2D eigenvalue weighted by atomic mass is 10.2. The number of aliphatic imine (C=N–C) groups is 1. The topological polar surface area (TPSA) is 61.8 Å². The van der Waals surface area contributed by atoms with E-state index >= 15 is 0 Å². The Morgan fingerprint density at radius 2 is 1.92 bits per heavy atom. The minimum atomic E-state index is 0.565. The van der Waals surface area contributed by atoms with Crippen LogP contribution in [0.1, 0.15) is 18.1 Å². The lowest BCUT2D eigenvalue weighted by Gasteiger charge is -2.16. The van der Waals surface area contributed by atoms with Crippen molar-refractivity contribution in [3.63, 3.8) is 0 Å². The summed E-state index contributed by atoms with van der Waals surface area (Å²) in [5.74, 6) is 2.59. The standard InChI is InChI=1S/C20H29N5O/c1-5-21-20(23-13-14-26-18-10-8-16(2)9-11-18)24-15-17-7-6-12-22-19(17)25(3)4/h6-12H,5,13-15H2,1-4H3,(H2,21,23,24). The quantitative estimate of drug-likeness (QED) is 0.433. The van der Waals surface area contributed by atoms with Gasteiger partial charge >= 0.3 is 0 Å². The summed E-state index contributed by atoms with van der Waals surface area (Å²) in [6.07, 6.45) is 1.80. The average Bonchev–Trinajstić information content (AvgIpc) is 2.64. The Kier molecular flexibility index (Phi) is 7.74. The summed E-state index contributed by atoms with van der Waals surface area (Å²) in [6, 6.07) is 12.1. The van der Waals surface area contributed by atoms with Crippen molar-refractivity contribution < 1.29 is 4.74 Å². The molecule has 1 heterocycles. The molecule has 26 heavy (non-hydrogen) atoms. The van der Waals surface area contributed by atoms with Crippen molar-refractivity contribution in [3.05, 3.63) is 53.7 Å². The Bertz CT molecular complexity index is 698. The van der Waals surface area contributed by atoms with Gasteiger partial charge < -0.3 is 20.3 Å². The number of hydrogen-bond acceptors (Lipinski definition) is 4. The highest BCUT2D eigenvalue weighted by molar-refractivity contribution is 5.79. The fourth-order valence-corrected chi connectivity index (χ4v) is 2.44. The van der Waals surface area contributed by atoms with Crippen LogP contribution in [-0.2, 0) is 6.54 Å². The second-order valence-electron chi connectivity index (χ2n) is 6.16. The Balaban J connectivity index is 1.87. The number of nitrogens with one attached hydrogen (secondary N) is 2. The number of nitrogens with zero attached hydrogens (tertiary/aromatic N) is 3. The first-order chi connectivity index (χ1) is 12.6. The number of anilines is 1. The molecule has 0 unspecified atom stereocenters. The van der Waals surface area contributed by atoms with Crippen molar-refractivity contribution in [2.75, 3.05) is 38.7 Å². The molecule has 0 saturated carbocycles. The normalized spacial score (nSPS) is 11.2. The molecule has 0 saturated heterocycles. The molecule has 2 rings (SSSR count). The first-order valence-corrected chi connectivity index (χ1v) is 8.93. The molecule has 1 aromatic carbocycles. The van der Waals surface area contributed by atoms with Crippen molar-refractivity contribution in [1.82, 2.24) is 15.6 Å². The van der Waals surface area contributed by atoms with Crippen molar-refractivity contribution in [1.29, 1.82) is 0 Å². The van der Waals surface area contributed by atoms with E-state index in [0.717, 1.165) is 29.6 Å². The molecule has 0 aliphatic carbocycles. The van der Waals surface area contributed by atoms with Crippen LogP contribution < -0.4 is 20.3 Å². The molecule has 0 bridgehead atoms. The Labute approximate surface area is 156 Å². The minimum absolute atomic E-state index is 0.565. The summed E-state index contributed by atoms with van der Waals surface area (Å²) in [7, 11) is 3.98. The highest BCUT2D eigenvalue weighted by atomic mass is 16.5. The highest BCUT2D eigenvalue weighted by Gasteiger charge is 2.05. The van der Waals surface area contributed by atoms with Gasteiger partial charge in [-0.2, -0.15) is 0 Å². The van der Waals surface area contributed by atoms with E-state index in [1.54, 1.807) is 6.20 Å². The van der Waals surface area contributed by atoms with Gasteiger partial charge in [0.1, 0.15) is 18.2 Å². The third kappa shape index (κ3) is 6.27. The molecule has 0 atom stereocenters. The minimum Gasteiger partial charge on any atom is -0.492 e. The van der Waals surface area contributed by atoms with E-state index < -0.39 is 0 Å². The van der Waals surface area contributed by atoms with E-state index in [1.165, 1.54) is 5.56 Å². The smallest absolute Gasteiger partial charge is 0.191 e. The monoisotopic (exact) mass is 355 g/mol. The van der Waals surface area contributed by atoms with Crippen LogP contribution in [0.4, 0.5) is 5.82 Å². The van der Waals surface area contributed by atoms with Crippen LogP contribution >= 0.6 is 0 Å². The lowest BCUT2D eigenvalue weighted by Crippen LogP contribution is -2.39. The lowest BCUT2D eigenvalue weighted by molar-refractivity contribution is 0.322. The third-order valence-corrected chi connectivity index (χ3v) is 3.73. The molecule has 0 spiro atoms. The predicted octanol–water partition coefficient (Wildman–Crippen LogP) is 2.59. The third-order valence-electron chi connectivity index (χ3n) is 3.73. The van der Waals surface area contributed by atoms with Crippen molar-refractivity contribution in [3.8, 4) is 5.75 Å². The fraction of sp³-hybridized carbons (Fsp3) is 0.400. The number of hydrogen-bond donors (Lipinski definition) is 2. The van der Waals surface area contributed by atoms with Gasteiger partial charge in [0.15, 0.2) is 5.96 Å². The summed E-state index contributed by atoms with van der Waals surface area (Å²) < 4.78 is 5.74. The number of ether oxygens (including phenoxy) is 1. The SMILES string of the molecule is CCNC(=NCc1cccnc1N(C)C)NCCOc1ccc(C)cc1. The van der Waals surface area contributed by atoms with Gasteiger partial charge in [-0.1, -0.05) is 23.8 Å². The number of pyridine rings is 1. The summed E-state index contributed by atoms with van der Waals surface area (Å²) in [4.78, 5) is 11.1. The van der Waals surface area contributed by atoms with Crippen LogP contribution in [-0.4, -0.2) is 44.7 Å². The molecule has 1 aromatic heterocycles. The van der Waals surface area contributed by atoms with Gasteiger partial charge in [-0.3, -0.25) is 0 Å². The van der Waals surface area contributed by atoms with E-state index in [9.17, 15) is 0 Å². The summed E-state index contributed by atoms with van der Waals surface area (Å²) >= 11 is 0. The van der Waals surface area contributed by atoms with E-state index in [4.69, 9.17) is 4.74 Å². The highest BCUT2D eigenvalue weighted by Crippen LogP contribution is 2.15. The molecule has 0 radical (unpaired) electrons. The fourth-order valence-electron chi connectivity index (χ4n) is 2.44. The van der Waals surface area contributed by atoms with Crippen LogP contribution in [0.5, 0.6) is 5.75 Å². The Hall–Kier alpha value is -2.76. The number of aryl methyl sites for hydroxylation is 1. The first kappa shape index (κ1) is 19.6. The zero-order chi connectivity index (χ0) is 18.8. The molecular weight excluding hydrogens is 326 g/mol. The van der Waals surface area contributed by atoms with E-state index in [1.807, 2.05) is 49.3 Å². The maximum atomic E-state index is 5.74. The van der Waals surface area contributed by atoms with Gasteiger partial charge in [0, 0.05) is 32.4 Å². The first-order valence-electron chi connectivity index (χ1n) is 8.93. The van der Waals surface area contributed by atoms with Crippen LogP contribution in [0, 0.1) is 6.92 Å². The van der Waals surface area contributed by atoms with Gasteiger partial charge in [0.25, 0.3) is 0 Å². The van der Waals surface area contributed by atoms with Gasteiger partial charge in [0.05, 0.1) is 13.1 Å². The molecule has 6 heteroatoms. The van der Waals surface area contributed by atoms with Crippen molar-refractivity contribution >= 4 is 11.8 Å². The molecule has 0 aliphatic heterocycles. The number of benzene rings is 1. The number of aromatic nitrogens is 1. The molecule has 6 nitrogen and oxygen atoms in total. The van der Waals surface area contributed by atoms with E-state index in [0.29, 0.717) is 19.7 Å². The molecule has 0 fully saturated rings. The molecule has 0 amide bonds. The van der Waals surface area contributed by atoms with E-state index in [-0.39, 0.29) is 0 Å². The van der Waals surface area contributed by atoms with Gasteiger partial charge in [-0.25, -0.2) is 9.98 Å². The van der Waals surface area contributed by atoms with Crippen molar-refractivity contribution in [2.45, 2.75) is 20.4 Å². The summed E-state index contributed by atoms with van der Waals surface area (Å²) in [5.41, 5.74) is 2.31. The zero-order valence-corrected chi connectivity index (χ0v) is 16.1. The van der Waals surface area contributed by atoms with Crippen LogP contribution in [0.3, 0.4) is 0 Å². The van der Waals surface area contributed by atoms with Gasteiger partial charge in [-0.15, -0.1) is 0 Å². The second kappa shape index (κ2) is 10.3. The maximum Gasteiger partial charge on any atom is 0.191 e. The van der Waals surface area contributed by atoms with Crippen LogP contribution in [0.15, 0.2) is 47.6 Å². The molecular formula is C20H29N5O. The predicted molar refractivity (Wildman–Crippen MR) is 108 cm³/mol. The Morgan fingerprint density at radius 3 is 2.62 bits per heavy atom. The summed E-state index contributed by atoms with van der Waals surface area (Å²) in [5, 5.41) is 6.56. The molecule has 140 valence electrons. The maximum absolute atomic E-state index is 5.74. The van der Waals surface area contributed by atoms with Gasteiger partial charge in [0.2, 0.25) is 0 Å². The van der Waals surface area contributed by atoms with Crippen molar-refractivity contribution in [2.24, 2.45) is 4.99 Å². The van der Waals surface area contributed by atoms with Gasteiger partial charge in [-0.05, 0) is 32.0 Å². The molecule has 0 aliphatic rings. The van der Waals surface area contributed by atoms with Crippen LogP contribution in [0.25, 0.3) is 0 Å². The molecule has 2 N–H and O–H groups in total. The van der Waals surface area contributed by atoms with Crippen LogP contribution in [0.2, 0.25) is 0 Å². The summed E-state index contributed by atoms with van der Waals surface area (Å²) in [6.45, 7) is 6.73. The Morgan fingerprint density at radius 1 is 1.15 bits per heavy atom.